The Bertz CT molecular complexity index is 1150. The summed E-state index contributed by atoms with van der Waals surface area (Å²) in [5.41, 5.74) is 6.89. The van der Waals surface area contributed by atoms with E-state index in [4.69, 9.17) is 5.73 Å². The van der Waals surface area contributed by atoms with Crippen LogP contribution in [0.5, 0.6) is 0 Å². The van der Waals surface area contributed by atoms with Crippen LogP contribution in [0.15, 0.2) is 82.9 Å². The van der Waals surface area contributed by atoms with Crippen molar-refractivity contribution in [3.8, 4) is 0 Å². The molecule has 31 heavy (non-hydrogen) atoms. The van der Waals surface area contributed by atoms with E-state index in [0.29, 0.717) is 6.54 Å². The monoisotopic (exact) mass is 419 g/mol. The van der Waals surface area contributed by atoms with Crippen LogP contribution in [0, 0.1) is 0 Å². The third kappa shape index (κ3) is 5.51. The molecule has 0 radical (unpaired) electrons. The Morgan fingerprint density at radius 2 is 1.68 bits per heavy atom. The molecule has 8 heteroatoms. The molecular formula is C23H25N5O3. The van der Waals surface area contributed by atoms with E-state index in [0.717, 1.165) is 11.1 Å². The van der Waals surface area contributed by atoms with Crippen molar-refractivity contribution < 1.29 is 4.79 Å². The fourth-order valence-corrected chi connectivity index (χ4v) is 3.24. The third-order valence-corrected chi connectivity index (χ3v) is 4.71. The number of nitrogens with two attached hydrogens (primary N) is 1. The van der Waals surface area contributed by atoms with Gasteiger partial charge in [0.1, 0.15) is 11.5 Å². The van der Waals surface area contributed by atoms with Crippen LogP contribution < -0.4 is 27.2 Å². The Balaban J connectivity index is 2.03. The van der Waals surface area contributed by atoms with Gasteiger partial charge >= 0.3 is 5.69 Å². The Morgan fingerprint density at radius 1 is 1.06 bits per heavy atom. The zero-order valence-electron chi connectivity index (χ0n) is 17.1. The minimum absolute atomic E-state index is 0.00468. The molecule has 0 atom stereocenters. The van der Waals surface area contributed by atoms with Crippen molar-refractivity contribution in [3.05, 3.63) is 105 Å². The number of rotatable bonds is 9. The predicted octanol–water partition coefficient (Wildman–Crippen LogP) is 1.48. The topological polar surface area (TPSA) is 113 Å². The number of H-pyrrole nitrogens is 1. The number of hydrogen-bond donors (Lipinski definition) is 3. The third-order valence-electron chi connectivity index (χ3n) is 4.71. The number of nitrogens with zero attached hydrogens (tertiary/aromatic N) is 2. The van der Waals surface area contributed by atoms with E-state index in [-0.39, 0.29) is 37.0 Å². The first-order valence-electron chi connectivity index (χ1n) is 9.82. The molecule has 0 bridgehead atoms. The number of carbonyl (C=O) groups excluding carboxylic acids is 1. The number of amides is 1. The smallest absolute Gasteiger partial charge is 0.330 e. The first-order chi connectivity index (χ1) is 15.0. The van der Waals surface area contributed by atoms with Gasteiger partial charge in [0.25, 0.3) is 5.56 Å². The van der Waals surface area contributed by atoms with Gasteiger partial charge in [0.2, 0.25) is 5.91 Å². The van der Waals surface area contributed by atoms with Crippen molar-refractivity contribution in [2.75, 3.05) is 23.7 Å². The lowest BCUT2D eigenvalue weighted by molar-refractivity contribution is -0.119. The van der Waals surface area contributed by atoms with Crippen molar-refractivity contribution in [1.82, 2.24) is 14.9 Å². The molecule has 0 aliphatic heterocycles. The van der Waals surface area contributed by atoms with Gasteiger partial charge in [0, 0.05) is 13.1 Å². The lowest BCUT2D eigenvalue weighted by atomic mass is 10.2. The van der Waals surface area contributed by atoms with Crippen molar-refractivity contribution >= 4 is 17.4 Å². The van der Waals surface area contributed by atoms with Gasteiger partial charge < -0.3 is 16.0 Å². The number of nitrogen functional groups attached to an aromatic ring is 1. The molecule has 0 fully saturated rings. The summed E-state index contributed by atoms with van der Waals surface area (Å²) in [6.07, 6.45) is 1.57. The van der Waals surface area contributed by atoms with Crippen LogP contribution in [0.4, 0.5) is 11.5 Å². The number of carbonyl (C=O) groups is 1. The standard InChI is InChI=1S/C23H25N5O3/c1-2-13-25-19(29)16-27(14-17-9-5-3-6-10-17)20-21(24)28(23(31)26-22(20)30)15-18-11-7-4-8-12-18/h2-12H,1,13-16,24H2,(H,25,29)(H,26,30,31). The van der Waals surface area contributed by atoms with Gasteiger partial charge in [-0.1, -0.05) is 66.7 Å². The number of nitrogens with one attached hydrogen (secondary N) is 2. The van der Waals surface area contributed by atoms with Crippen molar-refractivity contribution in [1.29, 1.82) is 0 Å². The lowest BCUT2D eigenvalue weighted by Gasteiger charge is -2.26. The highest BCUT2D eigenvalue weighted by Crippen LogP contribution is 2.20. The summed E-state index contributed by atoms with van der Waals surface area (Å²) in [5.74, 6) is -0.291. The van der Waals surface area contributed by atoms with Crippen molar-refractivity contribution in [2.45, 2.75) is 13.1 Å². The predicted molar refractivity (Wildman–Crippen MR) is 122 cm³/mol. The maximum Gasteiger partial charge on any atom is 0.330 e. The minimum atomic E-state index is -0.640. The second-order valence-electron chi connectivity index (χ2n) is 7.00. The van der Waals surface area contributed by atoms with Gasteiger partial charge in [0.15, 0.2) is 0 Å². The van der Waals surface area contributed by atoms with Crippen molar-refractivity contribution in [3.63, 3.8) is 0 Å². The minimum Gasteiger partial charge on any atom is -0.383 e. The summed E-state index contributed by atoms with van der Waals surface area (Å²) >= 11 is 0. The summed E-state index contributed by atoms with van der Waals surface area (Å²) in [5, 5.41) is 2.70. The molecule has 3 rings (SSSR count). The summed E-state index contributed by atoms with van der Waals surface area (Å²) in [6, 6.07) is 18.7. The van der Waals surface area contributed by atoms with Crippen LogP contribution in [0.2, 0.25) is 0 Å². The lowest BCUT2D eigenvalue weighted by Crippen LogP contribution is -2.42. The number of anilines is 2. The SMILES string of the molecule is C=CCNC(=O)CN(Cc1ccccc1)c1c(N)n(Cc2ccccc2)c(=O)[nH]c1=O. The molecule has 4 N–H and O–H groups in total. The first-order valence-corrected chi connectivity index (χ1v) is 9.82. The average molecular weight is 419 g/mol. The van der Waals surface area contributed by atoms with E-state index in [1.165, 1.54) is 4.57 Å². The Hall–Kier alpha value is -4.07. The molecule has 2 aromatic carbocycles. The molecule has 0 unspecified atom stereocenters. The number of aromatic amines is 1. The maximum atomic E-state index is 12.8. The molecule has 160 valence electrons. The van der Waals surface area contributed by atoms with Gasteiger partial charge in [-0.15, -0.1) is 6.58 Å². The summed E-state index contributed by atoms with van der Waals surface area (Å²) in [7, 11) is 0. The van der Waals surface area contributed by atoms with Gasteiger partial charge in [-0.3, -0.25) is 19.1 Å². The van der Waals surface area contributed by atoms with Crippen LogP contribution in [0.3, 0.4) is 0 Å². The molecule has 0 aliphatic carbocycles. The molecule has 0 saturated carbocycles. The highest BCUT2D eigenvalue weighted by Gasteiger charge is 2.21. The van der Waals surface area contributed by atoms with E-state index in [9.17, 15) is 14.4 Å². The molecule has 1 amide bonds. The van der Waals surface area contributed by atoms with Crippen molar-refractivity contribution in [2.24, 2.45) is 0 Å². The summed E-state index contributed by atoms with van der Waals surface area (Å²) in [4.78, 5) is 41.6. The summed E-state index contributed by atoms with van der Waals surface area (Å²) in [6.45, 7) is 4.23. The zero-order valence-corrected chi connectivity index (χ0v) is 17.1. The molecule has 1 aromatic heterocycles. The van der Waals surface area contributed by atoms with Crippen LogP contribution in [0.25, 0.3) is 0 Å². The summed E-state index contributed by atoms with van der Waals surface area (Å²) < 4.78 is 1.30. The van der Waals surface area contributed by atoms with Gasteiger partial charge in [0.05, 0.1) is 13.1 Å². The molecule has 0 spiro atoms. The molecule has 0 aliphatic rings. The number of benzene rings is 2. The van der Waals surface area contributed by atoms with Crippen LogP contribution >= 0.6 is 0 Å². The van der Waals surface area contributed by atoms with E-state index < -0.39 is 11.2 Å². The molecule has 0 saturated heterocycles. The highest BCUT2D eigenvalue weighted by atomic mass is 16.2. The van der Waals surface area contributed by atoms with E-state index in [2.05, 4.69) is 16.9 Å². The number of aromatic nitrogens is 2. The van der Waals surface area contributed by atoms with Crippen LogP contribution in [0.1, 0.15) is 11.1 Å². The molecule has 8 nitrogen and oxygen atoms in total. The van der Waals surface area contributed by atoms with E-state index >= 15 is 0 Å². The fraction of sp³-hybridized carbons (Fsp3) is 0.174. The highest BCUT2D eigenvalue weighted by molar-refractivity contribution is 5.82. The zero-order chi connectivity index (χ0) is 22.2. The Labute approximate surface area is 179 Å². The molecule has 1 heterocycles. The van der Waals surface area contributed by atoms with Gasteiger partial charge in [-0.2, -0.15) is 0 Å². The first kappa shape index (κ1) is 21.6. The second-order valence-corrected chi connectivity index (χ2v) is 7.00. The van der Waals surface area contributed by atoms with E-state index in [1.54, 1.807) is 11.0 Å². The van der Waals surface area contributed by atoms with Gasteiger partial charge in [-0.05, 0) is 11.1 Å². The maximum absolute atomic E-state index is 12.8. The molecule has 3 aromatic rings. The van der Waals surface area contributed by atoms with Crippen LogP contribution in [-0.2, 0) is 17.9 Å². The van der Waals surface area contributed by atoms with E-state index in [1.807, 2.05) is 60.7 Å². The quantitative estimate of drug-likeness (QED) is 0.455. The largest absolute Gasteiger partial charge is 0.383 e. The number of hydrogen-bond acceptors (Lipinski definition) is 5. The van der Waals surface area contributed by atoms with Crippen LogP contribution in [-0.4, -0.2) is 28.5 Å². The van der Waals surface area contributed by atoms with Gasteiger partial charge in [-0.25, -0.2) is 4.79 Å². The fourth-order valence-electron chi connectivity index (χ4n) is 3.24. The Morgan fingerprint density at radius 3 is 2.29 bits per heavy atom. The molecular weight excluding hydrogens is 394 g/mol. The second kappa shape index (κ2) is 10.1. The average Bonchev–Trinajstić information content (AvgIpc) is 2.76. The normalized spacial score (nSPS) is 10.5. The Kier molecular flexibility index (Phi) is 7.05.